The first kappa shape index (κ1) is 65.4. The summed E-state index contributed by atoms with van der Waals surface area (Å²) in [6.07, 6.45) is 69.9. The van der Waals surface area contributed by atoms with Crippen molar-refractivity contribution in [3.63, 3.8) is 0 Å². The Morgan fingerprint density at radius 2 is 0.529 bits per heavy atom. The summed E-state index contributed by atoms with van der Waals surface area (Å²) in [4.78, 5) is 37.9. The van der Waals surface area contributed by atoms with Gasteiger partial charge in [-0.05, 0) is 83.5 Å². The van der Waals surface area contributed by atoms with Crippen LogP contribution in [-0.2, 0) is 28.6 Å². The summed E-state index contributed by atoms with van der Waals surface area (Å²) in [7, 11) is 0. The van der Waals surface area contributed by atoms with Crippen molar-refractivity contribution in [1.82, 2.24) is 0 Å². The highest BCUT2D eigenvalue weighted by Crippen LogP contribution is 2.16. The molecule has 0 saturated carbocycles. The Bertz CT molecular complexity index is 1190. The standard InChI is InChI=1S/C62H112O6/c1-4-7-10-13-16-18-20-22-24-26-28-30-31-33-34-36-38-40-42-44-46-49-52-55-61(64)67-58-59(57-66-60(63)54-51-48-15-12-9-6-3)68-62(65)56-53-50-47-45-43-41-39-37-35-32-29-27-25-23-21-19-17-14-11-8-5-2/h20,22,26-29,31,33,59H,4-19,21,23-25,30,32,34-58H2,1-3H3/b22-20-,28-26-,29-27-,33-31-. The number of ether oxygens (including phenoxy) is 3. The zero-order valence-corrected chi connectivity index (χ0v) is 45.4. The Hall–Kier alpha value is -2.63. The highest BCUT2D eigenvalue weighted by molar-refractivity contribution is 5.71. The predicted octanol–water partition coefficient (Wildman–Crippen LogP) is 19.8. The second kappa shape index (κ2) is 57.0. The van der Waals surface area contributed by atoms with Gasteiger partial charge >= 0.3 is 17.9 Å². The van der Waals surface area contributed by atoms with Crippen LogP contribution in [-0.4, -0.2) is 37.2 Å². The maximum Gasteiger partial charge on any atom is 0.306 e. The third kappa shape index (κ3) is 54.3. The lowest BCUT2D eigenvalue weighted by atomic mass is 10.1. The van der Waals surface area contributed by atoms with Crippen molar-refractivity contribution < 1.29 is 28.6 Å². The van der Waals surface area contributed by atoms with E-state index in [9.17, 15) is 14.4 Å². The molecule has 0 radical (unpaired) electrons. The molecule has 0 rings (SSSR count). The van der Waals surface area contributed by atoms with Gasteiger partial charge < -0.3 is 14.2 Å². The summed E-state index contributed by atoms with van der Waals surface area (Å²) in [6.45, 7) is 6.59. The van der Waals surface area contributed by atoms with E-state index in [0.29, 0.717) is 19.3 Å². The van der Waals surface area contributed by atoms with Crippen LogP contribution in [0.25, 0.3) is 0 Å². The maximum absolute atomic E-state index is 12.8. The molecule has 1 unspecified atom stereocenters. The summed E-state index contributed by atoms with van der Waals surface area (Å²) >= 11 is 0. The van der Waals surface area contributed by atoms with Crippen LogP contribution in [0.4, 0.5) is 0 Å². The molecular weight excluding hydrogens is 841 g/mol. The number of rotatable bonds is 54. The molecule has 0 aromatic heterocycles. The fourth-order valence-electron chi connectivity index (χ4n) is 8.56. The first-order valence-electron chi connectivity index (χ1n) is 29.6. The number of hydrogen-bond acceptors (Lipinski definition) is 6. The van der Waals surface area contributed by atoms with Crippen LogP contribution >= 0.6 is 0 Å². The molecule has 0 heterocycles. The van der Waals surface area contributed by atoms with Gasteiger partial charge in [-0.3, -0.25) is 14.4 Å². The van der Waals surface area contributed by atoms with Crippen LogP contribution in [0.2, 0.25) is 0 Å². The monoisotopic (exact) mass is 953 g/mol. The molecular formula is C62H112O6. The molecule has 6 heteroatoms. The summed E-state index contributed by atoms with van der Waals surface area (Å²) in [5.74, 6) is -0.882. The van der Waals surface area contributed by atoms with E-state index in [4.69, 9.17) is 14.2 Å². The van der Waals surface area contributed by atoms with Gasteiger partial charge in [0.2, 0.25) is 0 Å². The number of allylic oxidation sites excluding steroid dienone is 8. The van der Waals surface area contributed by atoms with Crippen LogP contribution in [0.15, 0.2) is 48.6 Å². The van der Waals surface area contributed by atoms with Crippen molar-refractivity contribution >= 4 is 17.9 Å². The Morgan fingerprint density at radius 3 is 0.838 bits per heavy atom. The van der Waals surface area contributed by atoms with E-state index >= 15 is 0 Å². The molecule has 0 bridgehead atoms. The van der Waals surface area contributed by atoms with Crippen molar-refractivity contribution in [3.8, 4) is 0 Å². The van der Waals surface area contributed by atoms with Gasteiger partial charge in [0.15, 0.2) is 6.10 Å². The molecule has 0 aromatic rings. The highest BCUT2D eigenvalue weighted by Gasteiger charge is 2.19. The number of carbonyl (C=O) groups excluding carboxylic acids is 3. The third-order valence-electron chi connectivity index (χ3n) is 13.1. The maximum atomic E-state index is 12.8. The molecule has 0 aliphatic carbocycles. The van der Waals surface area contributed by atoms with Gasteiger partial charge in [0, 0.05) is 19.3 Å². The van der Waals surface area contributed by atoms with Gasteiger partial charge in [0.25, 0.3) is 0 Å². The Balaban J connectivity index is 4.14. The lowest BCUT2D eigenvalue weighted by Gasteiger charge is -2.18. The van der Waals surface area contributed by atoms with Gasteiger partial charge in [-0.2, -0.15) is 0 Å². The largest absolute Gasteiger partial charge is 0.462 e. The van der Waals surface area contributed by atoms with Crippen molar-refractivity contribution in [2.45, 2.75) is 316 Å². The molecule has 0 spiro atoms. The average molecular weight is 954 g/mol. The molecule has 68 heavy (non-hydrogen) atoms. The molecule has 6 nitrogen and oxygen atoms in total. The highest BCUT2D eigenvalue weighted by atomic mass is 16.6. The van der Waals surface area contributed by atoms with Crippen molar-refractivity contribution in [3.05, 3.63) is 48.6 Å². The third-order valence-corrected chi connectivity index (χ3v) is 13.1. The molecule has 1 atom stereocenters. The average Bonchev–Trinajstić information content (AvgIpc) is 3.34. The first-order valence-corrected chi connectivity index (χ1v) is 29.6. The van der Waals surface area contributed by atoms with E-state index < -0.39 is 6.10 Å². The minimum atomic E-state index is -0.773. The van der Waals surface area contributed by atoms with Crippen LogP contribution in [0.5, 0.6) is 0 Å². The van der Waals surface area contributed by atoms with Crippen molar-refractivity contribution in [1.29, 1.82) is 0 Å². The summed E-state index contributed by atoms with van der Waals surface area (Å²) in [5, 5.41) is 0. The molecule has 0 aliphatic rings. The van der Waals surface area contributed by atoms with E-state index in [1.165, 1.54) is 193 Å². The van der Waals surface area contributed by atoms with Crippen LogP contribution < -0.4 is 0 Å². The normalized spacial score (nSPS) is 12.3. The molecule has 0 amide bonds. The van der Waals surface area contributed by atoms with E-state index in [0.717, 1.165) is 77.0 Å². The van der Waals surface area contributed by atoms with Crippen molar-refractivity contribution in [2.75, 3.05) is 13.2 Å². The molecule has 0 aliphatic heterocycles. The van der Waals surface area contributed by atoms with Gasteiger partial charge in [-0.25, -0.2) is 0 Å². The summed E-state index contributed by atoms with van der Waals surface area (Å²) in [5.41, 5.74) is 0. The Kier molecular flexibility index (Phi) is 54.8. The van der Waals surface area contributed by atoms with Gasteiger partial charge in [0.05, 0.1) is 0 Å². The first-order chi connectivity index (χ1) is 33.5. The zero-order chi connectivity index (χ0) is 49.3. The fraction of sp³-hybridized carbons (Fsp3) is 0.823. The van der Waals surface area contributed by atoms with Crippen LogP contribution in [0, 0.1) is 0 Å². The molecule has 0 saturated heterocycles. The lowest BCUT2D eigenvalue weighted by Crippen LogP contribution is -2.30. The molecule has 0 aromatic carbocycles. The predicted molar refractivity (Wildman–Crippen MR) is 293 cm³/mol. The second-order valence-electron chi connectivity index (χ2n) is 19.9. The lowest BCUT2D eigenvalue weighted by molar-refractivity contribution is -0.167. The fourth-order valence-corrected chi connectivity index (χ4v) is 8.56. The van der Waals surface area contributed by atoms with E-state index in [1.54, 1.807) is 0 Å². The second-order valence-corrected chi connectivity index (χ2v) is 19.9. The number of esters is 3. The Morgan fingerprint density at radius 1 is 0.294 bits per heavy atom. The topological polar surface area (TPSA) is 78.9 Å². The smallest absolute Gasteiger partial charge is 0.306 e. The zero-order valence-electron chi connectivity index (χ0n) is 45.4. The number of carbonyl (C=O) groups is 3. The minimum absolute atomic E-state index is 0.0750. The van der Waals surface area contributed by atoms with Crippen molar-refractivity contribution in [2.24, 2.45) is 0 Å². The minimum Gasteiger partial charge on any atom is -0.462 e. The molecule has 396 valence electrons. The Labute approximate surface area is 422 Å². The molecule has 0 N–H and O–H groups in total. The van der Waals surface area contributed by atoms with E-state index in [2.05, 4.69) is 69.4 Å². The number of hydrogen-bond donors (Lipinski definition) is 0. The SMILES string of the molecule is CCCCCCC/C=C\C/C=C\C/C=C\CCCCCCCCCCC(=O)OCC(COC(=O)CCCCCCCC)OC(=O)CCCCCCCCCCC/C=C\CCCCCCCCCC. The summed E-state index contributed by atoms with van der Waals surface area (Å²) < 4.78 is 16.8. The van der Waals surface area contributed by atoms with Crippen LogP contribution in [0.3, 0.4) is 0 Å². The quantitative estimate of drug-likeness (QED) is 0.0262. The van der Waals surface area contributed by atoms with E-state index in [1.807, 2.05) is 0 Å². The van der Waals surface area contributed by atoms with Gasteiger partial charge in [-0.15, -0.1) is 0 Å². The van der Waals surface area contributed by atoms with Gasteiger partial charge in [0.1, 0.15) is 13.2 Å². The van der Waals surface area contributed by atoms with Crippen LogP contribution in [0.1, 0.15) is 310 Å². The number of unbranched alkanes of at least 4 members (excludes halogenated alkanes) is 35. The molecule has 0 fully saturated rings. The summed E-state index contributed by atoms with van der Waals surface area (Å²) in [6, 6.07) is 0. The van der Waals surface area contributed by atoms with Gasteiger partial charge in [-0.1, -0.05) is 256 Å². The van der Waals surface area contributed by atoms with E-state index in [-0.39, 0.29) is 31.1 Å².